The summed E-state index contributed by atoms with van der Waals surface area (Å²) in [5.74, 6) is -0.773. The summed E-state index contributed by atoms with van der Waals surface area (Å²) in [5, 5.41) is 10.2. The molecule has 1 fully saturated rings. The minimum Gasteiger partial charge on any atom is -0.367 e. The molecule has 0 radical (unpaired) electrons. The van der Waals surface area contributed by atoms with E-state index in [0.717, 1.165) is 37.3 Å². The highest BCUT2D eigenvalue weighted by atomic mass is 35.5. The van der Waals surface area contributed by atoms with Crippen LogP contribution in [0.5, 0.6) is 0 Å². The molecule has 5 rings (SSSR count). The van der Waals surface area contributed by atoms with Gasteiger partial charge in [0, 0.05) is 52.8 Å². The van der Waals surface area contributed by atoms with E-state index in [9.17, 15) is 8.78 Å². The van der Waals surface area contributed by atoms with Gasteiger partial charge in [-0.3, -0.25) is 5.32 Å². The van der Waals surface area contributed by atoms with E-state index in [1.807, 2.05) is 6.92 Å². The van der Waals surface area contributed by atoms with E-state index in [4.69, 9.17) is 11.6 Å². The van der Waals surface area contributed by atoms with Crippen LogP contribution in [0.3, 0.4) is 0 Å². The van der Waals surface area contributed by atoms with Crippen LogP contribution in [0.25, 0.3) is 10.9 Å². The van der Waals surface area contributed by atoms with Crippen LogP contribution >= 0.6 is 11.6 Å². The number of aryl methyl sites for hydroxylation is 1. The van der Waals surface area contributed by atoms with E-state index in [1.165, 1.54) is 6.07 Å². The van der Waals surface area contributed by atoms with Crippen LogP contribution in [0.2, 0.25) is 5.28 Å². The first kappa shape index (κ1) is 23.6. The van der Waals surface area contributed by atoms with Crippen molar-refractivity contribution in [2.75, 3.05) is 5.32 Å². The fraction of sp³-hybridized carbons (Fsp3) is 0.375. The normalized spacial score (nSPS) is 22.8. The third-order valence-corrected chi connectivity index (χ3v) is 6.66. The highest BCUT2D eigenvalue weighted by Gasteiger charge is 2.30. The Balaban J connectivity index is 1.35. The van der Waals surface area contributed by atoms with E-state index in [1.54, 1.807) is 19.3 Å². The summed E-state index contributed by atoms with van der Waals surface area (Å²) in [6.45, 7) is 3.52. The lowest BCUT2D eigenvalue weighted by Crippen LogP contribution is -2.46. The molecule has 0 saturated heterocycles. The predicted molar refractivity (Wildman–Crippen MR) is 130 cm³/mol. The molecule has 11 heteroatoms. The van der Waals surface area contributed by atoms with E-state index in [-0.39, 0.29) is 22.9 Å². The molecule has 184 valence electrons. The standard InChI is InChI=1S/C24H25ClF3N7/c1-11-9-30-24(25)35-21(11)32-14-4-3-5-15(8-14)33-23-19(28)12(2)31-22(34-23)17-10-29-20-16(17)6-13(26)7-18(20)27/h6-7,9-10,14-15,23,29,33H,3-5,8H2,1-2H3,(H,31,34)(H,30,32,35)/t14-,15+,23?/m1/s1. The van der Waals surface area contributed by atoms with Gasteiger partial charge in [0.05, 0.1) is 5.52 Å². The lowest BCUT2D eigenvalue weighted by atomic mass is 9.90. The van der Waals surface area contributed by atoms with Gasteiger partial charge in [0.15, 0.2) is 12.0 Å². The van der Waals surface area contributed by atoms with Gasteiger partial charge in [-0.1, -0.05) is 0 Å². The number of hydrogen-bond acceptors (Lipinski definition) is 6. The van der Waals surface area contributed by atoms with Crippen molar-refractivity contribution in [3.05, 3.63) is 64.1 Å². The first-order chi connectivity index (χ1) is 16.8. The maximum atomic E-state index is 15.1. The Kier molecular flexibility index (Phi) is 6.41. The second-order valence-electron chi connectivity index (χ2n) is 9.03. The number of nitrogens with one attached hydrogen (secondary N) is 4. The molecule has 35 heavy (non-hydrogen) atoms. The molecule has 1 aliphatic carbocycles. The maximum Gasteiger partial charge on any atom is 0.224 e. The zero-order valence-electron chi connectivity index (χ0n) is 19.2. The number of H-pyrrole nitrogens is 1. The Morgan fingerprint density at radius 3 is 2.74 bits per heavy atom. The van der Waals surface area contributed by atoms with Gasteiger partial charge in [0.25, 0.3) is 0 Å². The van der Waals surface area contributed by atoms with Crippen molar-refractivity contribution in [3.63, 3.8) is 0 Å². The molecule has 3 aromatic rings. The predicted octanol–water partition coefficient (Wildman–Crippen LogP) is 5.09. The second-order valence-corrected chi connectivity index (χ2v) is 9.37. The number of aromatic nitrogens is 3. The van der Waals surface area contributed by atoms with Crippen LogP contribution < -0.4 is 16.0 Å². The number of anilines is 1. The number of amidine groups is 1. The van der Waals surface area contributed by atoms with Crippen molar-refractivity contribution in [1.29, 1.82) is 0 Å². The molecule has 1 aromatic carbocycles. The molecule has 1 aliphatic heterocycles. The molecule has 3 atom stereocenters. The van der Waals surface area contributed by atoms with Gasteiger partial charge >= 0.3 is 0 Å². The van der Waals surface area contributed by atoms with Crippen molar-refractivity contribution < 1.29 is 13.2 Å². The second kappa shape index (κ2) is 9.50. The minimum absolute atomic E-state index is 0.00312. The summed E-state index contributed by atoms with van der Waals surface area (Å²) in [4.78, 5) is 15.6. The molecule has 1 saturated carbocycles. The summed E-state index contributed by atoms with van der Waals surface area (Å²) in [6.07, 6.45) is 5.81. The van der Waals surface area contributed by atoms with Crippen LogP contribution in [-0.4, -0.2) is 39.0 Å². The van der Waals surface area contributed by atoms with Gasteiger partial charge < -0.3 is 15.6 Å². The zero-order valence-corrected chi connectivity index (χ0v) is 20.0. The van der Waals surface area contributed by atoms with Crippen LogP contribution in [0.4, 0.5) is 19.0 Å². The number of allylic oxidation sites excluding steroid dienone is 1. The Bertz CT molecular complexity index is 1340. The summed E-state index contributed by atoms with van der Waals surface area (Å²) in [5.41, 5.74) is 1.84. The van der Waals surface area contributed by atoms with Gasteiger partial charge in [-0.05, 0) is 57.2 Å². The molecule has 2 aromatic heterocycles. The number of aliphatic imine (C=N–C) groups is 1. The lowest BCUT2D eigenvalue weighted by molar-refractivity contribution is 0.316. The molecule has 3 heterocycles. The minimum atomic E-state index is -0.909. The van der Waals surface area contributed by atoms with E-state index >= 15 is 4.39 Å². The topological polar surface area (TPSA) is 90.0 Å². The highest BCUT2D eigenvalue weighted by Crippen LogP contribution is 2.28. The number of benzene rings is 1. The third-order valence-electron chi connectivity index (χ3n) is 6.47. The number of hydrogen-bond donors (Lipinski definition) is 4. The average Bonchev–Trinajstić information content (AvgIpc) is 3.24. The monoisotopic (exact) mass is 503 g/mol. The maximum absolute atomic E-state index is 15.1. The SMILES string of the molecule is CC1=C(F)C(N[C@H]2CCC[C@@H](Nc3nc(Cl)ncc3C)C2)N=C(c2c[nH]c3c(F)cc(F)cc23)N1. The third kappa shape index (κ3) is 4.85. The highest BCUT2D eigenvalue weighted by molar-refractivity contribution is 6.28. The Morgan fingerprint density at radius 2 is 1.91 bits per heavy atom. The fourth-order valence-corrected chi connectivity index (χ4v) is 4.85. The number of nitrogens with zero attached hydrogens (tertiary/aromatic N) is 3. The van der Waals surface area contributed by atoms with Crippen molar-refractivity contribution in [3.8, 4) is 0 Å². The van der Waals surface area contributed by atoms with Crippen molar-refractivity contribution in [2.24, 2.45) is 4.99 Å². The van der Waals surface area contributed by atoms with E-state index in [0.29, 0.717) is 28.3 Å². The van der Waals surface area contributed by atoms with Gasteiger partial charge in [-0.25, -0.2) is 28.1 Å². The number of rotatable bonds is 5. The number of aromatic amines is 1. The van der Waals surface area contributed by atoms with Crippen molar-refractivity contribution >= 4 is 34.2 Å². The molecule has 0 bridgehead atoms. The average molecular weight is 504 g/mol. The molecular weight excluding hydrogens is 479 g/mol. The van der Waals surface area contributed by atoms with E-state index in [2.05, 4.69) is 35.9 Å². The van der Waals surface area contributed by atoms with Gasteiger partial charge in [-0.15, -0.1) is 0 Å². The smallest absolute Gasteiger partial charge is 0.224 e. The molecule has 2 aliphatic rings. The first-order valence-corrected chi connectivity index (χ1v) is 11.9. The van der Waals surface area contributed by atoms with Gasteiger partial charge in [0.1, 0.15) is 23.3 Å². The van der Waals surface area contributed by atoms with E-state index < -0.39 is 23.6 Å². The lowest BCUT2D eigenvalue weighted by Gasteiger charge is -2.33. The Morgan fingerprint density at radius 1 is 1.11 bits per heavy atom. The largest absolute Gasteiger partial charge is 0.367 e. The number of halogens is 4. The van der Waals surface area contributed by atoms with Gasteiger partial charge in [-0.2, -0.15) is 0 Å². The summed E-state index contributed by atoms with van der Waals surface area (Å²) >= 11 is 5.95. The summed E-state index contributed by atoms with van der Waals surface area (Å²) in [6, 6.07) is 2.19. The Hall–Kier alpha value is -3.11. The molecule has 1 unspecified atom stereocenters. The summed E-state index contributed by atoms with van der Waals surface area (Å²) in [7, 11) is 0. The molecule has 0 amide bonds. The number of fused-ring (bicyclic) bond motifs is 1. The van der Waals surface area contributed by atoms with Crippen LogP contribution in [0.1, 0.15) is 43.7 Å². The first-order valence-electron chi connectivity index (χ1n) is 11.5. The summed E-state index contributed by atoms with van der Waals surface area (Å²) < 4.78 is 43.1. The molecule has 0 spiro atoms. The zero-order chi connectivity index (χ0) is 24.7. The Labute approximate surface area is 205 Å². The van der Waals surface area contributed by atoms with Crippen molar-refractivity contribution in [1.82, 2.24) is 25.6 Å². The molecule has 4 N–H and O–H groups in total. The van der Waals surface area contributed by atoms with Gasteiger partial charge in [0.2, 0.25) is 5.28 Å². The van der Waals surface area contributed by atoms with Crippen LogP contribution in [-0.2, 0) is 0 Å². The van der Waals surface area contributed by atoms with Crippen LogP contribution in [0.15, 0.2) is 41.0 Å². The van der Waals surface area contributed by atoms with Crippen LogP contribution in [0, 0.1) is 18.6 Å². The molecular formula is C24H25ClF3N7. The quantitative estimate of drug-likeness (QED) is 0.364. The van der Waals surface area contributed by atoms with Crippen molar-refractivity contribution in [2.45, 2.75) is 57.8 Å². The fourth-order valence-electron chi connectivity index (χ4n) is 4.71. The molecule has 7 nitrogen and oxygen atoms in total.